The summed E-state index contributed by atoms with van der Waals surface area (Å²) in [6, 6.07) is 11.2. The van der Waals surface area contributed by atoms with Gasteiger partial charge in [-0.25, -0.2) is 4.39 Å². The third kappa shape index (κ3) is 5.97. The van der Waals surface area contributed by atoms with Gasteiger partial charge in [-0.1, -0.05) is 11.2 Å². The number of hydrogen-bond donors (Lipinski definition) is 2. The Morgan fingerprint density at radius 3 is 2.71 bits per heavy atom. The Balaban J connectivity index is 1.29. The molecule has 38 heavy (non-hydrogen) atoms. The maximum absolute atomic E-state index is 14.3. The minimum absolute atomic E-state index is 0.0872. The Bertz CT molecular complexity index is 1410. The second-order valence-corrected chi connectivity index (χ2v) is 9.20. The van der Waals surface area contributed by atoms with Crippen LogP contribution < -0.4 is 15.5 Å². The molecule has 1 fully saturated rings. The summed E-state index contributed by atoms with van der Waals surface area (Å²) >= 11 is 0. The number of rotatable bonds is 7. The van der Waals surface area contributed by atoms with E-state index in [9.17, 15) is 14.0 Å². The number of nitrogens with one attached hydrogen (secondary N) is 2. The molecule has 10 heteroatoms. The lowest BCUT2D eigenvalue weighted by Crippen LogP contribution is -2.36. The van der Waals surface area contributed by atoms with Gasteiger partial charge in [-0.05, 0) is 61.2 Å². The largest absolute Gasteiger partial charge is 0.378 e. The number of morpholine rings is 1. The van der Waals surface area contributed by atoms with Gasteiger partial charge in [0.25, 0.3) is 11.8 Å². The van der Waals surface area contributed by atoms with Crippen LogP contribution in [0.2, 0.25) is 0 Å². The molecule has 1 saturated heterocycles. The standard InChI is InChI=1S/C28H28FN5O4/c1-18-4-5-22(32-27(35)20-11-21(29)13-23(12-20)34-7-9-37-10-8-34)14-24(18)25-15-26(38-33-25)28(36)31-17-19-3-2-6-30-16-19/h4-6,11-16H,2-3,7-10,17H2,1H3,(H,31,36)(H,32,35). The highest BCUT2D eigenvalue weighted by atomic mass is 19.1. The molecular weight excluding hydrogens is 489 g/mol. The molecule has 0 atom stereocenters. The normalized spacial score (nSPS) is 15.2. The molecule has 1 aromatic heterocycles. The number of aryl methyl sites for hydroxylation is 1. The van der Waals surface area contributed by atoms with Crippen LogP contribution in [0.1, 0.15) is 39.3 Å². The average molecular weight is 518 g/mol. The smallest absolute Gasteiger partial charge is 0.290 e. The van der Waals surface area contributed by atoms with E-state index in [1.54, 1.807) is 30.5 Å². The number of nitrogens with zero attached hydrogens (tertiary/aromatic N) is 3. The number of anilines is 2. The second kappa shape index (κ2) is 11.4. The van der Waals surface area contributed by atoms with Crippen LogP contribution in [-0.4, -0.2) is 56.0 Å². The van der Waals surface area contributed by atoms with Crippen LogP contribution in [0.3, 0.4) is 0 Å². The van der Waals surface area contributed by atoms with Crippen LogP contribution in [0, 0.1) is 12.7 Å². The lowest BCUT2D eigenvalue weighted by atomic mass is 10.0. The molecule has 0 unspecified atom stereocenters. The average Bonchev–Trinajstić information content (AvgIpc) is 3.44. The van der Waals surface area contributed by atoms with E-state index < -0.39 is 11.7 Å². The molecule has 5 rings (SSSR count). The van der Waals surface area contributed by atoms with Gasteiger partial charge >= 0.3 is 0 Å². The second-order valence-electron chi connectivity index (χ2n) is 9.20. The van der Waals surface area contributed by atoms with Crippen molar-refractivity contribution in [2.45, 2.75) is 19.8 Å². The summed E-state index contributed by atoms with van der Waals surface area (Å²) in [7, 11) is 0. The summed E-state index contributed by atoms with van der Waals surface area (Å²) in [6.07, 6.45) is 5.31. The first-order valence-electron chi connectivity index (χ1n) is 12.5. The topological polar surface area (TPSA) is 109 Å². The highest BCUT2D eigenvalue weighted by molar-refractivity contribution is 6.05. The number of aromatic nitrogens is 1. The molecule has 2 aromatic carbocycles. The number of halogens is 1. The van der Waals surface area contributed by atoms with E-state index in [1.807, 2.05) is 24.1 Å². The highest BCUT2D eigenvalue weighted by Crippen LogP contribution is 2.27. The Morgan fingerprint density at radius 2 is 1.92 bits per heavy atom. The molecule has 2 aliphatic rings. The van der Waals surface area contributed by atoms with Gasteiger partial charge in [-0.2, -0.15) is 0 Å². The predicted molar refractivity (Wildman–Crippen MR) is 142 cm³/mol. The van der Waals surface area contributed by atoms with Crippen molar-refractivity contribution in [1.29, 1.82) is 0 Å². The Labute approximate surface area is 219 Å². The zero-order valence-corrected chi connectivity index (χ0v) is 21.0. The minimum atomic E-state index is -0.482. The molecule has 0 spiro atoms. The van der Waals surface area contributed by atoms with Gasteiger partial charge in [-0.15, -0.1) is 0 Å². The van der Waals surface area contributed by atoms with Crippen molar-refractivity contribution in [3.05, 3.63) is 76.9 Å². The lowest BCUT2D eigenvalue weighted by molar-refractivity contribution is 0.0919. The molecule has 0 saturated carbocycles. The van der Waals surface area contributed by atoms with E-state index in [1.165, 1.54) is 12.1 Å². The number of ether oxygens (including phenoxy) is 1. The molecule has 3 aromatic rings. The van der Waals surface area contributed by atoms with Crippen LogP contribution >= 0.6 is 0 Å². The van der Waals surface area contributed by atoms with Crippen molar-refractivity contribution in [2.75, 3.05) is 43.1 Å². The van der Waals surface area contributed by atoms with Crippen molar-refractivity contribution in [3.8, 4) is 11.3 Å². The molecular formula is C28H28FN5O4. The van der Waals surface area contributed by atoms with E-state index in [-0.39, 0.29) is 17.2 Å². The molecule has 2 aliphatic heterocycles. The first-order valence-corrected chi connectivity index (χ1v) is 12.5. The third-order valence-electron chi connectivity index (χ3n) is 6.46. The van der Waals surface area contributed by atoms with E-state index in [0.29, 0.717) is 55.5 Å². The molecule has 3 heterocycles. The Kier molecular flexibility index (Phi) is 7.60. The van der Waals surface area contributed by atoms with Crippen LogP contribution in [-0.2, 0) is 4.74 Å². The van der Waals surface area contributed by atoms with Crippen molar-refractivity contribution in [1.82, 2.24) is 10.5 Å². The first kappa shape index (κ1) is 25.3. The SMILES string of the molecule is Cc1ccc(NC(=O)c2cc(F)cc(N3CCOCC3)c2)cc1-c1cc(C(=O)NCC2=CN=CCC2)on1. The summed E-state index contributed by atoms with van der Waals surface area (Å²) in [6.45, 7) is 4.67. The van der Waals surface area contributed by atoms with Gasteiger partial charge in [0.05, 0.1) is 13.2 Å². The third-order valence-corrected chi connectivity index (χ3v) is 6.46. The van der Waals surface area contributed by atoms with Crippen molar-refractivity contribution < 1.29 is 23.2 Å². The number of hydrogen-bond acceptors (Lipinski definition) is 7. The van der Waals surface area contributed by atoms with E-state index >= 15 is 0 Å². The summed E-state index contributed by atoms with van der Waals surface area (Å²) < 4.78 is 25.0. The van der Waals surface area contributed by atoms with Gasteiger partial charge < -0.3 is 24.8 Å². The minimum Gasteiger partial charge on any atom is -0.378 e. The molecule has 0 bridgehead atoms. The lowest BCUT2D eigenvalue weighted by Gasteiger charge is -2.29. The summed E-state index contributed by atoms with van der Waals surface area (Å²) in [5.74, 6) is -1.20. The first-order chi connectivity index (χ1) is 18.5. The fraction of sp³-hybridized carbons (Fsp3) is 0.286. The number of aliphatic imine (C=N–C) groups is 1. The van der Waals surface area contributed by atoms with Crippen LogP contribution in [0.15, 0.2) is 63.8 Å². The van der Waals surface area contributed by atoms with E-state index in [0.717, 1.165) is 24.0 Å². The van der Waals surface area contributed by atoms with E-state index in [4.69, 9.17) is 9.26 Å². The zero-order valence-electron chi connectivity index (χ0n) is 21.0. The van der Waals surface area contributed by atoms with Gasteiger partial charge in [0.15, 0.2) is 0 Å². The van der Waals surface area contributed by atoms with Gasteiger partial charge in [0, 0.05) is 60.6 Å². The molecule has 2 N–H and O–H groups in total. The Hall–Kier alpha value is -4.31. The number of benzene rings is 2. The van der Waals surface area contributed by atoms with Crippen LogP contribution in [0.5, 0.6) is 0 Å². The van der Waals surface area contributed by atoms with Gasteiger partial charge in [0.1, 0.15) is 11.5 Å². The van der Waals surface area contributed by atoms with Crippen LogP contribution in [0.25, 0.3) is 11.3 Å². The maximum Gasteiger partial charge on any atom is 0.290 e. The summed E-state index contributed by atoms with van der Waals surface area (Å²) in [5.41, 5.74) is 4.45. The van der Waals surface area contributed by atoms with Crippen molar-refractivity contribution in [3.63, 3.8) is 0 Å². The molecule has 196 valence electrons. The zero-order chi connectivity index (χ0) is 26.5. The number of carbonyl (C=O) groups is 2. The monoisotopic (exact) mass is 517 g/mol. The molecule has 0 radical (unpaired) electrons. The van der Waals surface area contributed by atoms with E-state index in [2.05, 4.69) is 20.8 Å². The fourth-order valence-electron chi connectivity index (χ4n) is 4.36. The number of carbonyl (C=O) groups excluding carboxylic acids is 2. The quantitative estimate of drug-likeness (QED) is 0.482. The maximum atomic E-state index is 14.3. The molecule has 2 amide bonds. The molecule has 9 nitrogen and oxygen atoms in total. The van der Waals surface area contributed by atoms with Crippen molar-refractivity contribution >= 4 is 29.4 Å². The summed E-state index contributed by atoms with van der Waals surface area (Å²) in [4.78, 5) is 31.7. The molecule has 0 aliphatic carbocycles. The van der Waals surface area contributed by atoms with Crippen molar-refractivity contribution in [2.24, 2.45) is 4.99 Å². The number of amides is 2. The van der Waals surface area contributed by atoms with Gasteiger partial charge in [0.2, 0.25) is 5.76 Å². The van der Waals surface area contributed by atoms with Gasteiger partial charge in [-0.3, -0.25) is 14.6 Å². The Morgan fingerprint density at radius 1 is 1.08 bits per heavy atom. The predicted octanol–water partition coefficient (Wildman–Crippen LogP) is 4.36. The highest BCUT2D eigenvalue weighted by Gasteiger charge is 2.18. The fourth-order valence-corrected chi connectivity index (χ4v) is 4.36. The van der Waals surface area contributed by atoms with Crippen LogP contribution in [0.4, 0.5) is 15.8 Å². The summed E-state index contributed by atoms with van der Waals surface area (Å²) in [5, 5.41) is 9.72.